The molecule has 0 heterocycles. The summed E-state index contributed by atoms with van der Waals surface area (Å²) in [5.74, 6) is 0.630. The number of benzene rings is 1. The maximum Gasteiger partial charge on any atom is 0.149 e. The second kappa shape index (κ2) is 5.27. The van der Waals surface area contributed by atoms with Crippen molar-refractivity contribution in [1.29, 1.82) is 0 Å². The maximum atomic E-state index is 11.1. The molecule has 1 rings (SSSR count). The van der Waals surface area contributed by atoms with E-state index in [2.05, 4.69) is 5.32 Å². The first kappa shape index (κ1) is 13.6. The Morgan fingerprint density at radius 3 is 2.65 bits per heavy atom. The van der Waals surface area contributed by atoms with Gasteiger partial charge in [0.1, 0.15) is 15.6 Å². The van der Waals surface area contributed by atoms with Gasteiger partial charge in [-0.2, -0.15) is 0 Å². The van der Waals surface area contributed by atoms with Gasteiger partial charge in [0.15, 0.2) is 0 Å². The first-order chi connectivity index (χ1) is 7.83. The Morgan fingerprint density at radius 1 is 1.47 bits per heavy atom. The third-order valence-corrected chi connectivity index (χ3v) is 3.35. The summed E-state index contributed by atoms with van der Waals surface area (Å²) in [4.78, 5) is 0. The Balaban J connectivity index is 2.82. The molecule has 96 valence electrons. The van der Waals surface area contributed by atoms with E-state index in [9.17, 15) is 8.42 Å². The molecule has 1 unspecified atom stereocenters. The second-order valence-electron chi connectivity index (χ2n) is 4.06. The molecule has 0 saturated heterocycles. The highest BCUT2D eigenvalue weighted by Crippen LogP contribution is 2.29. The standard InChI is InChI=1S/C11H18N2O3S/c1-8(7-17(3,14)15)13-9-5-4-6-10(16-2)11(9)12/h4-6,8,13H,7,12H2,1-3H3. The Labute approximate surface area is 102 Å². The van der Waals surface area contributed by atoms with Crippen LogP contribution in [0.15, 0.2) is 18.2 Å². The monoisotopic (exact) mass is 258 g/mol. The number of methoxy groups -OCH3 is 1. The average molecular weight is 258 g/mol. The molecule has 0 aromatic heterocycles. The van der Waals surface area contributed by atoms with Crippen LogP contribution >= 0.6 is 0 Å². The molecule has 1 aromatic rings. The summed E-state index contributed by atoms with van der Waals surface area (Å²) in [5, 5.41) is 3.06. The summed E-state index contributed by atoms with van der Waals surface area (Å²) in [5.41, 5.74) is 7.03. The predicted octanol–water partition coefficient (Wildman–Crippen LogP) is 1.12. The van der Waals surface area contributed by atoms with Crippen molar-refractivity contribution in [1.82, 2.24) is 0 Å². The van der Waals surface area contributed by atoms with E-state index < -0.39 is 9.84 Å². The summed E-state index contributed by atoms with van der Waals surface area (Å²) < 4.78 is 27.4. The maximum absolute atomic E-state index is 11.1. The first-order valence-corrected chi connectivity index (χ1v) is 7.26. The Kier molecular flexibility index (Phi) is 4.22. The Hall–Kier alpha value is -1.43. The topological polar surface area (TPSA) is 81.4 Å². The van der Waals surface area contributed by atoms with E-state index in [0.717, 1.165) is 0 Å². The van der Waals surface area contributed by atoms with Crippen LogP contribution in [0.1, 0.15) is 6.92 Å². The smallest absolute Gasteiger partial charge is 0.149 e. The van der Waals surface area contributed by atoms with Crippen LogP contribution in [0.3, 0.4) is 0 Å². The fraction of sp³-hybridized carbons (Fsp3) is 0.455. The zero-order chi connectivity index (χ0) is 13.1. The molecule has 1 aromatic carbocycles. The van der Waals surface area contributed by atoms with Gasteiger partial charge in [-0.1, -0.05) is 6.07 Å². The molecule has 5 nitrogen and oxygen atoms in total. The summed E-state index contributed by atoms with van der Waals surface area (Å²) in [6.07, 6.45) is 1.21. The third-order valence-electron chi connectivity index (χ3n) is 2.24. The summed E-state index contributed by atoms with van der Waals surface area (Å²) in [6.45, 7) is 1.79. The predicted molar refractivity (Wildman–Crippen MR) is 70.2 cm³/mol. The fourth-order valence-corrected chi connectivity index (χ4v) is 2.60. The van der Waals surface area contributed by atoms with Crippen LogP contribution in [-0.4, -0.2) is 33.6 Å². The number of ether oxygens (including phenoxy) is 1. The largest absolute Gasteiger partial charge is 0.495 e. The van der Waals surface area contributed by atoms with Crippen LogP contribution < -0.4 is 15.8 Å². The van der Waals surface area contributed by atoms with Gasteiger partial charge in [-0.25, -0.2) is 8.42 Å². The van der Waals surface area contributed by atoms with Crippen LogP contribution in [0.5, 0.6) is 5.75 Å². The second-order valence-corrected chi connectivity index (χ2v) is 6.24. The number of hydrogen-bond donors (Lipinski definition) is 2. The van der Waals surface area contributed by atoms with Gasteiger partial charge in [0.25, 0.3) is 0 Å². The van der Waals surface area contributed by atoms with Crippen molar-refractivity contribution < 1.29 is 13.2 Å². The number of hydrogen-bond acceptors (Lipinski definition) is 5. The van der Waals surface area contributed by atoms with Crippen molar-refractivity contribution in [3.05, 3.63) is 18.2 Å². The lowest BCUT2D eigenvalue weighted by atomic mass is 10.2. The molecule has 0 aliphatic carbocycles. The molecule has 0 aliphatic rings. The molecular weight excluding hydrogens is 240 g/mol. The number of sulfone groups is 1. The van der Waals surface area contributed by atoms with Crippen LogP contribution in [0.4, 0.5) is 11.4 Å². The molecule has 3 N–H and O–H groups in total. The number of rotatable bonds is 5. The number of nitrogens with one attached hydrogen (secondary N) is 1. The van der Waals surface area contributed by atoms with Crippen molar-refractivity contribution in [2.24, 2.45) is 0 Å². The lowest BCUT2D eigenvalue weighted by Crippen LogP contribution is -2.25. The van der Waals surface area contributed by atoms with Crippen LogP contribution in [0.25, 0.3) is 0 Å². The molecule has 0 radical (unpaired) electrons. The molecule has 0 bridgehead atoms. The van der Waals surface area contributed by atoms with Gasteiger partial charge < -0.3 is 15.8 Å². The van der Waals surface area contributed by atoms with Gasteiger partial charge in [-0.05, 0) is 19.1 Å². The number of nitrogen functional groups attached to an aromatic ring is 1. The minimum absolute atomic E-state index is 0.0592. The van der Waals surface area contributed by atoms with Crippen molar-refractivity contribution in [3.63, 3.8) is 0 Å². The van der Waals surface area contributed by atoms with E-state index in [4.69, 9.17) is 10.5 Å². The zero-order valence-electron chi connectivity index (χ0n) is 10.2. The third kappa shape index (κ3) is 4.14. The molecule has 0 amide bonds. The summed E-state index contributed by atoms with van der Waals surface area (Å²) in [6, 6.07) is 5.13. The molecule has 0 saturated carbocycles. The molecule has 1 atom stereocenters. The summed E-state index contributed by atoms with van der Waals surface area (Å²) >= 11 is 0. The normalized spacial score (nSPS) is 13.1. The van der Waals surface area contributed by atoms with Gasteiger partial charge in [0.2, 0.25) is 0 Å². The molecule has 0 fully saturated rings. The highest BCUT2D eigenvalue weighted by Gasteiger charge is 2.12. The van der Waals surface area contributed by atoms with Gasteiger partial charge in [-0.15, -0.1) is 0 Å². The van der Waals surface area contributed by atoms with Gasteiger partial charge in [0.05, 0.1) is 24.2 Å². The van der Waals surface area contributed by atoms with Crippen molar-refractivity contribution in [2.75, 3.05) is 30.2 Å². The van der Waals surface area contributed by atoms with E-state index in [1.807, 2.05) is 0 Å². The van der Waals surface area contributed by atoms with Crippen molar-refractivity contribution in [2.45, 2.75) is 13.0 Å². The van der Waals surface area contributed by atoms with Gasteiger partial charge >= 0.3 is 0 Å². The molecule has 0 spiro atoms. The van der Waals surface area contributed by atoms with E-state index in [-0.39, 0.29) is 11.8 Å². The molecule has 17 heavy (non-hydrogen) atoms. The minimum Gasteiger partial charge on any atom is -0.495 e. The quantitative estimate of drug-likeness (QED) is 0.774. The SMILES string of the molecule is COc1cccc(NC(C)CS(C)(=O)=O)c1N. The average Bonchev–Trinajstić information content (AvgIpc) is 2.18. The highest BCUT2D eigenvalue weighted by molar-refractivity contribution is 7.90. The Bertz CT molecular complexity index is 485. The molecule has 0 aliphatic heterocycles. The van der Waals surface area contributed by atoms with Gasteiger partial charge in [-0.3, -0.25) is 0 Å². The lowest BCUT2D eigenvalue weighted by Gasteiger charge is -2.17. The molecular formula is C11H18N2O3S. The van der Waals surface area contributed by atoms with Crippen molar-refractivity contribution >= 4 is 21.2 Å². The number of anilines is 2. The van der Waals surface area contributed by atoms with Crippen molar-refractivity contribution in [3.8, 4) is 5.75 Å². The van der Waals surface area contributed by atoms with Crippen LogP contribution in [-0.2, 0) is 9.84 Å². The van der Waals surface area contributed by atoms with Crippen LogP contribution in [0.2, 0.25) is 0 Å². The summed E-state index contributed by atoms with van der Waals surface area (Å²) in [7, 11) is -1.47. The zero-order valence-corrected chi connectivity index (χ0v) is 11.0. The number of nitrogens with two attached hydrogens (primary N) is 1. The Morgan fingerprint density at radius 2 is 2.12 bits per heavy atom. The van der Waals surface area contributed by atoms with E-state index in [0.29, 0.717) is 17.1 Å². The van der Waals surface area contributed by atoms with Crippen LogP contribution in [0, 0.1) is 0 Å². The van der Waals surface area contributed by atoms with E-state index >= 15 is 0 Å². The van der Waals surface area contributed by atoms with E-state index in [1.165, 1.54) is 13.4 Å². The van der Waals surface area contributed by atoms with Gasteiger partial charge in [0, 0.05) is 12.3 Å². The minimum atomic E-state index is -3.01. The molecule has 6 heteroatoms. The fourth-order valence-electron chi connectivity index (χ4n) is 1.61. The van der Waals surface area contributed by atoms with E-state index in [1.54, 1.807) is 25.1 Å². The first-order valence-electron chi connectivity index (χ1n) is 5.20. The number of para-hydroxylation sites is 1. The highest BCUT2D eigenvalue weighted by atomic mass is 32.2. The lowest BCUT2D eigenvalue weighted by molar-refractivity contribution is 0.417.